The number of hydrogen-bond donors (Lipinski definition) is 2. The van der Waals surface area contributed by atoms with Crippen LogP contribution >= 0.6 is 0 Å². The molecule has 2 heterocycles. The zero-order valence-corrected chi connectivity index (χ0v) is 14.5. The van der Waals surface area contributed by atoms with Crippen molar-refractivity contribution in [3.05, 3.63) is 0 Å². The molecule has 1 unspecified atom stereocenters. The third-order valence-electron chi connectivity index (χ3n) is 5.22. The Morgan fingerprint density at radius 2 is 2.14 bits per heavy atom. The van der Waals surface area contributed by atoms with E-state index in [0.717, 1.165) is 45.9 Å². The third-order valence-corrected chi connectivity index (χ3v) is 5.22. The Balaban J connectivity index is 1.64. The van der Waals surface area contributed by atoms with Crippen LogP contribution < -0.4 is 10.6 Å². The lowest BCUT2D eigenvalue weighted by atomic mass is 9.84. The van der Waals surface area contributed by atoms with Crippen molar-refractivity contribution in [3.8, 4) is 0 Å². The molecule has 0 bridgehead atoms. The van der Waals surface area contributed by atoms with Gasteiger partial charge in [-0.1, -0.05) is 6.92 Å². The summed E-state index contributed by atoms with van der Waals surface area (Å²) in [6, 6.07) is 0. The van der Waals surface area contributed by atoms with Crippen LogP contribution in [0, 0.1) is 11.8 Å². The first-order valence-corrected chi connectivity index (χ1v) is 8.79. The monoisotopic (exact) mass is 311 g/mol. The molecule has 0 aliphatic carbocycles. The van der Waals surface area contributed by atoms with E-state index >= 15 is 0 Å². The van der Waals surface area contributed by atoms with Crippen molar-refractivity contribution >= 4 is 5.91 Å². The van der Waals surface area contributed by atoms with E-state index in [1.807, 2.05) is 0 Å². The van der Waals surface area contributed by atoms with Crippen molar-refractivity contribution in [1.29, 1.82) is 0 Å². The summed E-state index contributed by atoms with van der Waals surface area (Å²) in [6.07, 6.45) is 3.07. The number of hydrogen-bond acceptors (Lipinski definition) is 4. The highest BCUT2D eigenvalue weighted by molar-refractivity contribution is 5.76. The third kappa shape index (κ3) is 5.21. The molecule has 2 aliphatic rings. The fraction of sp³-hybridized carbons (Fsp3) is 0.941. The molecule has 0 aromatic heterocycles. The fourth-order valence-corrected chi connectivity index (χ4v) is 3.58. The molecule has 5 nitrogen and oxygen atoms in total. The lowest BCUT2D eigenvalue weighted by Crippen LogP contribution is -2.54. The van der Waals surface area contributed by atoms with E-state index in [9.17, 15) is 4.79 Å². The summed E-state index contributed by atoms with van der Waals surface area (Å²) >= 11 is 0. The highest BCUT2D eigenvalue weighted by Gasteiger charge is 2.30. The maximum Gasteiger partial charge on any atom is 0.220 e. The van der Waals surface area contributed by atoms with Crippen LogP contribution in [0.1, 0.15) is 40.0 Å². The van der Waals surface area contributed by atoms with Crippen LogP contribution in [-0.2, 0) is 9.53 Å². The summed E-state index contributed by atoms with van der Waals surface area (Å²) in [5.41, 5.74) is 0.0748. The number of ether oxygens (including phenoxy) is 1. The molecule has 1 atom stereocenters. The smallest absolute Gasteiger partial charge is 0.220 e. The second kappa shape index (κ2) is 8.27. The average molecular weight is 311 g/mol. The topological polar surface area (TPSA) is 53.6 Å². The minimum atomic E-state index is 0.0748. The first-order valence-electron chi connectivity index (χ1n) is 8.79. The SMILES string of the molecule is CC(CC(=O)NCCN1CCOCC1(C)C)C1CCNCC1. The molecule has 2 aliphatic heterocycles. The zero-order chi connectivity index (χ0) is 16.0. The number of nitrogens with one attached hydrogen (secondary N) is 2. The molecule has 1 amide bonds. The van der Waals surface area contributed by atoms with Gasteiger partial charge in [-0.2, -0.15) is 0 Å². The van der Waals surface area contributed by atoms with Gasteiger partial charge in [-0.15, -0.1) is 0 Å². The van der Waals surface area contributed by atoms with E-state index in [-0.39, 0.29) is 11.4 Å². The Morgan fingerprint density at radius 1 is 1.41 bits per heavy atom. The largest absolute Gasteiger partial charge is 0.378 e. The van der Waals surface area contributed by atoms with Gasteiger partial charge in [0.05, 0.1) is 13.2 Å². The zero-order valence-electron chi connectivity index (χ0n) is 14.5. The molecule has 0 aromatic carbocycles. The Bertz CT molecular complexity index is 354. The summed E-state index contributed by atoms with van der Waals surface area (Å²) in [7, 11) is 0. The summed E-state index contributed by atoms with van der Waals surface area (Å²) in [5, 5.41) is 6.49. The number of carbonyl (C=O) groups excluding carboxylic acids is 1. The standard InChI is InChI=1S/C17H33N3O2/c1-14(15-4-6-18-7-5-15)12-16(21)19-8-9-20-10-11-22-13-17(20,2)3/h14-15,18H,4-13H2,1-3H3,(H,19,21). The van der Waals surface area contributed by atoms with Crippen LogP contribution in [0.25, 0.3) is 0 Å². The number of morpholine rings is 1. The average Bonchev–Trinajstić information content (AvgIpc) is 2.49. The maximum absolute atomic E-state index is 12.1. The highest BCUT2D eigenvalue weighted by atomic mass is 16.5. The van der Waals surface area contributed by atoms with Crippen molar-refractivity contribution in [1.82, 2.24) is 15.5 Å². The molecule has 2 N–H and O–H groups in total. The molecular weight excluding hydrogens is 278 g/mol. The summed E-state index contributed by atoms with van der Waals surface area (Å²) < 4.78 is 5.53. The van der Waals surface area contributed by atoms with E-state index in [2.05, 4.69) is 36.3 Å². The minimum Gasteiger partial charge on any atom is -0.378 e. The van der Waals surface area contributed by atoms with Gasteiger partial charge in [0, 0.05) is 31.6 Å². The summed E-state index contributed by atoms with van der Waals surface area (Å²) in [6.45, 7) is 13.0. The van der Waals surface area contributed by atoms with Crippen LogP contribution in [0.2, 0.25) is 0 Å². The molecule has 0 radical (unpaired) electrons. The Kier molecular flexibility index (Phi) is 6.66. The number of piperidine rings is 1. The Hall–Kier alpha value is -0.650. The minimum absolute atomic E-state index is 0.0748. The molecule has 22 heavy (non-hydrogen) atoms. The summed E-state index contributed by atoms with van der Waals surface area (Å²) in [4.78, 5) is 14.5. The molecule has 0 spiro atoms. The predicted molar refractivity (Wildman–Crippen MR) is 88.9 cm³/mol. The lowest BCUT2D eigenvalue weighted by Gasteiger charge is -2.42. The van der Waals surface area contributed by atoms with Crippen molar-refractivity contribution in [3.63, 3.8) is 0 Å². The molecule has 2 fully saturated rings. The fourth-order valence-electron chi connectivity index (χ4n) is 3.58. The molecule has 2 rings (SSSR count). The van der Waals surface area contributed by atoms with Crippen molar-refractivity contribution < 1.29 is 9.53 Å². The van der Waals surface area contributed by atoms with Crippen molar-refractivity contribution in [2.75, 3.05) is 45.9 Å². The second-order valence-electron chi connectivity index (χ2n) is 7.47. The van der Waals surface area contributed by atoms with Crippen molar-refractivity contribution in [2.45, 2.75) is 45.6 Å². The van der Waals surface area contributed by atoms with E-state index < -0.39 is 0 Å². The lowest BCUT2D eigenvalue weighted by molar-refractivity contribution is -0.122. The van der Waals surface area contributed by atoms with E-state index in [0.29, 0.717) is 18.3 Å². The van der Waals surface area contributed by atoms with Gasteiger partial charge in [0.15, 0.2) is 0 Å². The number of rotatable bonds is 6. The van der Waals surface area contributed by atoms with E-state index in [1.165, 1.54) is 12.8 Å². The van der Waals surface area contributed by atoms with Gasteiger partial charge in [-0.05, 0) is 51.6 Å². The molecular formula is C17H33N3O2. The van der Waals surface area contributed by atoms with Gasteiger partial charge < -0.3 is 15.4 Å². The van der Waals surface area contributed by atoms with Crippen LogP contribution in [-0.4, -0.2) is 62.3 Å². The molecule has 5 heteroatoms. The van der Waals surface area contributed by atoms with Gasteiger partial charge >= 0.3 is 0 Å². The number of carbonyl (C=O) groups is 1. The van der Waals surface area contributed by atoms with Gasteiger partial charge in [-0.3, -0.25) is 9.69 Å². The Labute approximate surface area is 135 Å². The Morgan fingerprint density at radius 3 is 2.82 bits per heavy atom. The molecule has 0 aromatic rings. The van der Waals surface area contributed by atoms with Crippen LogP contribution in [0.3, 0.4) is 0 Å². The summed E-state index contributed by atoms with van der Waals surface area (Å²) in [5.74, 6) is 1.39. The molecule has 0 saturated carbocycles. The number of nitrogens with zero attached hydrogens (tertiary/aromatic N) is 1. The maximum atomic E-state index is 12.1. The molecule has 2 saturated heterocycles. The highest BCUT2D eigenvalue weighted by Crippen LogP contribution is 2.24. The first-order chi connectivity index (χ1) is 10.5. The van der Waals surface area contributed by atoms with Gasteiger partial charge in [0.25, 0.3) is 0 Å². The van der Waals surface area contributed by atoms with Crippen LogP contribution in [0.15, 0.2) is 0 Å². The number of amides is 1. The van der Waals surface area contributed by atoms with E-state index in [4.69, 9.17) is 4.74 Å². The van der Waals surface area contributed by atoms with Crippen molar-refractivity contribution in [2.24, 2.45) is 11.8 Å². The van der Waals surface area contributed by atoms with Crippen LogP contribution in [0.4, 0.5) is 0 Å². The second-order valence-corrected chi connectivity index (χ2v) is 7.47. The predicted octanol–water partition coefficient (Wildman–Crippen LogP) is 1.24. The van der Waals surface area contributed by atoms with Gasteiger partial charge in [0.2, 0.25) is 5.91 Å². The quantitative estimate of drug-likeness (QED) is 0.775. The molecule has 128 valence electrons. The van der Waals surface area contributed by atoms with E-state index in [1.54, 1.807) is 0 Å². The van der Waals surface area contributed by atoms with Gasteiger partial charge in [-0.25, -0.2) is 0 Å². The van der Waals surface area contributed by atoms with Crippen LogP contribution in [0.5, 0.6) is 0 Å². The van der Waals surface area contributed by atoms with Gasteiger partial charge in [0.1, 0.15) is 0 Å². The normalized spacial score (nSPS) is 24.9. The first kappa shape index (κ1) is 17.7.